The van der Waals surface area contributed by atoms with Gasteiger partial charge in [-0.1, -0.05) is 60.1 Å². The van der Waals surface area contributed by atoms with Gasteiger partial charge in [-0.2, -0.15) is 0 Å². The Labute approximate surface area is 163 Å². The van der Waals surface area contributed by atoms with Crippen LogP contribution in [0.25, 0.3) is 0 Å². The van der Waals surface area contributed by atoms with Crippen LogP contribution in [0.1, 0.15) is 28.7 Å². The second kappa shape index (κ2) is 8.01. The van der Waals surface area contributed by atoms with E-state index in [2.05, 4.69) is 23.0 Å². The van der Waals surface area contributed by atoms with E-state index in [1.54, 1.807) is 6.07 Å². The van der Waals surface area contributed by atoms with Gasteiger partial charge >= 0.3 is 0 Å². The van der Waals surface area contributed by atoms with Crippen molar-refractivity contribution in [3.05, 3.63) is 94.5 Å². The average molecular weight is 381 g/mol. The van der Waals surface area contributed by atoms with Crippen molar-refractivity contribution < 1.29 is 9.84 Å². The quantitative estimate of drug-likeness (QED) is 0.607. The van der Waals surface area contributed by atoms with E-state index in [0.717, 1.165) is 17.7 Å². The second-order valence-electron chi connectivity index (χ2n) is 6.66. The Balaban J connectivity index is 1.49. The van der Waals surface area contributed by atoms with Gasteiger partial charge in [0.1, 0.15) is 18.1 Å². The predicted octanol–water partition coefficient (Wildman–Crippen LogP) is 4.56. The van der Waals surface area contributed by atoms with Crippen molar-refractivity contribution in [1.82, 2.24) is 10.9 Å². The molecule has 3 N–H and O–H groups in total. The molecule has 1 aliphatic rings. The van der Waals surface area contributed by atoms with Gasteiger partial charge in [0, 0.05) is 29.1 Å². The third-order valence-electron chi connectivity index (χ3n) is 4.87. The summed E-state index contributed by atoms with van der Waals surface area (Å²) in [6, 6.07) is 23.3. The van der Waals surface area contributed by atoms with Crippen LogP contribution >= 0.6 is 11.6 Å². The van der Waals surface area contributed by atoms with Gasteiger partial charge < -0.3 is 9.84 Å². The highest BCUT2D eigenvalue weighted by molar-refractivity contribution is 6.30. The smallest absolute Gasteiger partial charge is 0.124 e. The van der Waals surface area contributed by atoms with Gasteiger partial charge in [0.25, 0.3) is 0 Å². The van der Waals surface area contributed by atoms with Crippen LogP contribution in [0.2, 0.25) is 5.02 Å². The van der Waals surface area contributed by atoms with Gasteiger partial charge in [-0.05, 0) is 29.3 Å². The number of phenols is 1. The van der Waals surface area contributed by atoms with E-state index in [1.165, 1.54) is 5.56 Å². The predicted molar refractivity (Wildman–Crippen MR) is 107 cm³/mol. The van der Waals surface area contributed by atoms with E-state index in [9.17, 15) is 5.11 Å². The number of hydrogen-bond acceptors (Lipinski definition) is 4. The van der Waals surface area contributed by atoms with Crippen LogP contribution in [0.3, 0.4) is 0 Å². The minimum Gasteiger partial charge on any atom is -0.507 e. The summed E-state index contributed by atoms with van der Waals surface area (Å²) in [5.74, 6) is 1.11. The Bertz CT molecular complexity index is 900. The van der Waals surface area contributed by atoms with Crippen molar-refractivity contribution >= 4 is 11.6 Å². The Kier molecular flexibility index (Phi) is 5.30. The zero-order valence-electron chi connectivity index (χ0n) is 14.7. The lowest BCUT2D eigenvalue weighted by Gasteiger charge is -2.20. The van der Waals surface area contributed by atoms with E-state index in [4.69, 9.17) is 16.3 Å². The van der Waals surface area contributed by atoms with Crippen molar-refractivity contribution in [2.24, 2.45) is 0 Å². The number of halogens is 1. The SMILES string of the molecule is Oc1cc(OCc2ccc(Cl)cc2)ccc1C1NNCC1c1ccccc1. The molecule has 5 heteroatoms. The fraction of sp³-hybridized carbons (Fsp3) is 0.182. The average Bonchev–Trinajstić information content (AvgIpc) is 3.18. The van der Waals surface area contributed by atoms with Crippen LogP contribution in [-0.2, 0) is 6.61 Å². The fourth-order valence-electron chi connectivity index (χ4n) is 3.43. The molecule has 2 atom stereocenters. The molecular formula is C22H21ClN2O2. The number of hydrazine groups is 1. The molecule has 1 heterocycles. The summed E-state index contributed by atoms with van der Waals surface area (Å²) in [5, 5.41) is 11.3. The lowest BCUT2D eigenvalue weighted by atomic mass is 9.88. The van der Waals surface area contributed by atoms with Gasteiger partial charge in [0.05, 0.1) is 6.04 Å². The molecule has 0 spiro atoms. The van der Waals surface area contributed by atoms with Gasteiger partial charge in [-0.15, -0.1) is 0 Å². The summed E-state index contributed by atoms with van der Waals surface area (Å²) in [6.07, 6.45) is 0. The Hall–Kier alpha value is -2.53. The zero-order valence-corrected chi connectivity index (χ0v) is 15.5. The first kappa shape index (κ1) is 17.9. The molecule has 0 aliphatic carbocycles. The van der Waals surface area contributed by atoms with Gasteiger partial charge in [-0.3, -0.25) is 5.43 Å². The number of rotatable bonds is 5. The lowest BCUT2D eigenvalue weighted by molar-refractivity contribution is 0.304. The number of phenolic OH excluding ortho intramolecular Hbond substituents is 1. The van der Waals surface area contributed by atoms with Crippen LogP contribution in [-0.4, -0.2) is 11.7 Å². The minimum atomic E-state index is -0.00212. The largest absolute Gasteiger partial charge is 0.507 e. The lowest BCUT2D eigenvalue weighted by Crippen LogP contribution is -2.25. The summed E-state index contributed by atoms with van der Waals surface area (Å²) in [7, 11) is 0. The molecule has 27 heavy (non-hydrogen) atoms. The Morgan fingerprint density at radius 1 is 1.00 bits per heavy atom. The first-order valence-electron chi connectivity index (χ1n) is 8.94. The molecule has 138 valence electrons. The second-order valence-corrected chi connectivity index (χ2v) is 7.09. The van der Waals surface area contributed by atoms with Crippen LogP contribution in [0.5, 0.6) is 11.5 Å². The van der Waals surface area contributed by atoms with Crippen molar-refractivity contribution in [1.29, 1.82) is 0 Å². The maximum absolute atomic E-state index is 10.6. The van der Waals surface area contributed by atoms with E-state index < -0.39 is 0 Å². The third-order valence-corrected chi connectivity index (χ3v) is 5.12. The van der Waals surface area contributed by atoms with Crippen LogP contribution in [0, 0.1) is 0 Å². The zero-order chi connectivity index (χ0) is 18.6. The van der Waals surface area contributed by atoms with Crippen molar-refractivity contribution in [3.63, 3.8) is 0 Å². The maximum atomic E-state index is 10.6. The van der Waals surface area contributed by atoms with E-state index in [1.807, 2.05) is 54.6 Å². The molecule has 4 nitrogen and oxygen atoms in total. The molecule has 0 amide bonds. The van der Waals surface area contributed by atoms with E-state index in [-0.39, 0.29) is 17.7 Å². The van der Waals surface area contributed by atoms with Crippen LogP contribution in [0.15, 0.2) is 72.8 Å². The Morgan fingerprint density at radius 3 is 2.52 bits per heavy atom. The summed E-state index contributed by atoms with van der Waals surface area (Å²) in [5.41, 5.74) is 9.61. The molecule has 4 rings (SSSR count). The summed E-state index contributed by atoms with van der Waals surface area (Å²) >= 11 is 5.90. The van der Waals surface area contributed by atoms with Gasteiger partial charge in [-0.25, -0.2) is 5.43 Å². The summed E-state index contributed by atoms with van der Waals surface area (Å²) in [6.45, 7) is 1.23. The number of hydrogen-bond donors (Lipinski definition) is 3. The monoisotopic (exact) mass is 380 g/mol. The molecule has 0 bridgehead atoms. The normalized spacial score (nSPS) is 19.1. The highest BCUT2D eigenvalue weighted by Crippen LogP contribution is 2.38. The highest BCUT2D eigenvalue weighted by Gasteiger charge is 2.31. The van der Waals surface area contributed by atoms with Crippen molar-refractivity contribution in [2.45, 2.75) is 18.6 Å². The summed E-state index contributed by atoms with van der Waals surface area (Å²) in [4.78, 5) is 0. The molecule has 1 fully saturated rings. The maximum Gasteiger partial charge on any atom is 0.124 e. The fourth-order valence-corrected chi connectivity index (χ4v) is 3.55. The third kappa shape index (κ3) is 4.08. The first-order valence-corrected chi connectivity index (χ1v) is 9.32. The highest BCUT2D eigenvalue weighted by atomic mass is 35.5. The summed E-state index contributed by atoms with van der Waals surface area (Å²) < 4.78 is 5.80. The van der Waals surface area contributed by atoms with E-state index >= 15 is 0 Å². The topological polar surface area (TPSA) is 53.5 Å². The molecule has 3 aromatic rings. The van der Waals surface area contributed by atoms with Gasteiger partial charge in [0.15, 0.2) is 0 Å². The van der Waals surface area contributed by atoms with Crippen molar-refractivity contribution in [3.8, 4) is 11.5 Å². The van der Waals surface area contributed by atoms with Crippen LogP contribution < -0.4 is 15.6 Å². The van der Waals surface area contributed by atoms with Crippen molar-refractivity contribution in [2.75, 3.05) is 6.54 Å². The molecule has 1 aliphatic heterocycles. The standard InChI is InChI=1S/C22H21ClN2O2/c23-17-8-6-15(7-9-17)14-27-18-10-11-19(21(26)12-18)22-20(13-24-25-22)16-4-2-1-3-5-16/h1-12,20,22,24-26H,13-14H2. The molecule has 2 unspecified atom stereocenters. The molecule has 0 aromatic heterocycles. The molecule has 0 radical (unpaired) electrons. The number of ether oxygens (including phenoxy) is 1. The van der Waals surface area contributed by atoms with E-state index in [0.29, 0.717) is 17.4 Å². The van der Waals surface area contributed by atoms with Crippen LogP contribution in [0.4, 0.5) is 0 Å². The number of nitrogens with one attached hydrogen (secondary N) is 2. The Morgan fingerprint density at radius 2 is 1.78 bits per heavy atom. The first-order chi connectivity index (χ1) is 13.2. The molecular weight excluding hydrogens is 360 g/mol. The number of aromatic hydroxyl groups is 1. The van der Waals surface area contributed by atoms with Gasteiger partial charge in [0.2, 0.25) is 0 Å². The number of benzene rings is 3. The molecule has 0 saturated carbocycles. The molecule has 1 saturated heterocycles. The molecule has 3 aromatic carbocycles. The minimum absolute atomic E-state index is 0.00212.